The lowest BCUT2D eigenvalue weighted by atomic mass is 9.91. The van der Waals surface area contributed by atoms with Gasteiger partial charge >= 0.3 is 0 Å². The highest BCUT2D eigenvalue weighted by molar-refractivity contribution is 6.45. The van der Waals surface area contributed by atoms with Crippen LogP contribution in [0, 0.1) is 90.8 Å². The number of benzene rings is 8. The van der Waals surface area contributed by atoms with Crippen LogP contribution in [0.5, 0.6) is 0 Å². The SMILES string of the molecule is CCC(=O)CC1CCN(C(=O)c2ccc(Cl)c(Cc3cc4c(C)cc(C#N)cc4n3C)c2Cl)CC1.Cc1cc(C#N)cc2c1cc(C(=O)c1c(Cl)ccc(C(=O)N3CC(C)C3)c1Cl)n2C.Cc1cc(C#N)cc2c1cc(C(=O)c1c(Cl)ccc(C(=O)N3CCC(C)CC3)c1Cl)n2C.Cc1cc(C#N)cc2c1cc(C(=O)c1c(Cl)ccc(C(=O)N3CCN(C4CCC4)CC3)c1Cl)n2C. The van der Waals surface area contributed by atoms with Crippen LogP contribution in [0.15, 0.2) is 121 Å². The number of nitriles is 4. The Morgan fingerprint density at radius 3 is 1.04 bits per heavy atom. The number of fused-ring (bicyclic) bond motifs is 4. The van der Waals surface area contributed by atoms with Gasteiger partial charge in [0.2, 0.25) is 17.3 Å². The maximum Gasteiger partial charge on any atom is 0.255 e. The van der Waals surface area contributed by atoms with Crippen LogP contribution in [0.2, 0.25) is 40.2 Å². The largest absolute Gasteiger partial charge is 0.347 e. The summed E-state index contributed by atoms with van der Waals surface area (Å²) in [6.07, 6.45) is 8.96. The number of ketones is 4. The van der Waals surface area contributed by atoms with Gasteiger partial charge in [0.15, 0.2) is 0 Å². The normalized spacial score (nSPS) is 15.0. The van der Waals surface area contributed by atoms with Gasteiger partial charge in [0.25, 0.3) is 23.6 Å². The molecule has 0 atom stereocenters. The number of nitrogens with zero attached hydrogens (tertiary/aromatic N) is 13. The molecule has 0 spiro atoms. The Labute approximate surface area is 806 Å². The number of piperidine rings is 2. The van der Waals surface area contributed by atoms with Gasteiger partial charge in [-0.3, -0.25) is 43.3 Å². The zero-order chi connectivity index (χ0) is 95.0. The standard InChI is InChI=1S/C28H29Cl2N3O2.C27H26Cl2N4O2.C25H23Cl2N3O2.C23H19Cl2N3O2/c1-4-21(34)12-18-7-9-33(10-8-18)28(35)22-5-6-25(29)24(27(22)30)15-20-14-23-17(2)11-19(16-31)13-26(23)32(20)3;1-16-12-17(15-30)13-22-20(16)14-23(31(22)2)26(34)24-21(28)7-6-19(25(24)29)27(35)33-10-8-32(9-11-33)18-4-3-5-18;1-14-6-8-30(9-7-14)25(32)17-4-5-19(26)22(23(17)27)24(31)21-12-18-15(2)10-16(13-28)11-20(18)29(21)3;1-12-10-28(11-12)23(30)15-4-5-17(24)20(21(15)25)22(29)19-8-16-13(2)6-14(9-26)7-18(16)27(19)3/h5-6,11,13-14,18H,4,7-10,12,15H2,1-3H3;6-7,12-14,18H,3-5,8-11H2,1-2H3;4-5,10-12,14H,6-9H2,1-3H3;4-8,12H,10-11H2,1-3H3. The average molecular weight is 1930 g/mol. The third-order valence-corrected chi connectivity index (χ3v) is 29.5. The van der Waals surface area contributed by atoms with E-state index in [2.05, 4.69) is 49.1 Å². The molecular formula is C103H97Cl8N13O8. The minimum Gasteiger partial charge on any atom is -0.347 e. The minimum atomic E-state index is -0.367. The molecule has 17 rings (SSSR count). The van der Waals surface area contributed by atoms with Crippen LogP contribution in [0.3, 0.4) is 0 Å². The number of carbonyl (C=O) groups excluding carboxylic acids is 8. The van der Waals surface area contributed by atoms with Crippen LogP contribution in [0.1, 0.15) is 224 Å². The number of carbonyl (C=O) groups is 8. The zero-order valence-electron chi connectivity index (χ0n) is 75.1. The fourth-order valence-corrected chi connectivity index (χ4v) is 20.9. The lowest BCUT2D eigenvalue weighted by molar-refractivity contribution is -0.119. The van der Waals surface area contributed by atoms with E-state index in [0.29, 0.717) is 161 Å². The molecule has 132 heavy (non-hydrogen) atoms. The van der Waals surface area contributed by atoms with Gasteiger partial charge in [-0.2, -0.15) is 21.0 Å². The summed E-state index contributed by atoms with van der Waals surface area (Å²) in [5, 5.41) is 42.6. The van der Waals surface area contributed by atoms with Crippen molar-refractivity contribution in [3.05, 3.63) is 273 Å². The summed E-state index contributed by atoms with van der Waals surface area (Å²) in [4.78, 5) is 115. The van der Waals surface area contributed by atoms with Gasteiger partial charge in [-0.25, -0.2) is 0 Å². The summed E-state index contributed by atoms with van der Waals surface area (Å²) in [6, 6.07) is 44.0. The van der Waals surface area contributed by atoms with E-state index in [4.69, 9.17) is 92.8 Å². The quantitative estimate of drug-likeness (QED) is 0.0815. The molecule has 29 heteroatoms. The number of aromatic nitrogens is 4. The van der Waals surface area contributed by atoms with Gasteiger partial charge < -0.3 is 37.9 Å². The molecule has 8 heterocycles. The lowest BCUT2D eigenvalue weighted by Crippen LogP contribution is -2.53. The van der Waals surface area contributed by atoms with E-state index in [1.54, 1.807) is 148 Å². The number of hydrogen-bond donors (Lipinski definition) is 0. The molecule has 4 amide bonds. The molecule has 4 aliphatic heterocycles. The maximum absolute atomic E-state index is 13.7. The zero-order valence-corrected chi connectivity index (χ0v) is 81.1. The van der Waals surface area contributed by atoms with Crippen LogP contribution in [0.25, 0.3) is 43.6 Å². The number of hydrogen-bond acceptors (Lipinski definition) is 13. The number of aryl methyl sites for hydroxylation is 8. The van der Waals surface area contributed by atoms with Crippen molar-refractivity contribution in [1.29, 1.82) is 21.0 Å². The molecule has 1 aliphatic carbocycles. The molecule has 1 saturated carbocycles. The first-order valence-corrected chi connectivity index (χ1v) is 47.0. The molecule has 678 valence electrons. The number of rotatable bonds is 16. The second-order valence-electron chi connectivity index (χ2n) is 35.2. The van der Waals surface area contributed by atoms with Crippen molar-refractivity contribution in [2.75, 3.05) is 65.4 Å². The fourth-order valence-electron chi connectivity index (χ4n) is 18.4. The topological polar surface area (TPSA) is 268 Å². The van der Waals surface area contributed by atoms with Gasteiger partial charge in [0.1, 0.15) is 5.78 Å². The fraction of sp³-hybridized carbons (Fsp3) is 0.340. The van der Waals surface area contributed by atoms with Crippen molar-refractivity contribution >= 4 is 183 Å². The average Bonchev–Trinajstić information content (AvgIpc) is 1.59. The molecule has 0 N–H and O–H groups in total. The van der Waals surface area contributed by atoms with E-state index in [1.165, 1.54) is 19.3 Å². The van der Waals surface area contributed by atoms with Crippen LogP contribution in [-0.2, 0) is 39.4 Å². The van der Waals surface area contributed by atoms with Crippen molar-refractivity contribution < 1.29 is 38.4 Å². The molecule has 0 bridgehead atoms. The summed E-state index contributed by atoms with van der Waals surface area (Å²) < 4.78 is 7.25. The third kappa shape index (κ3) is 19.5. The van der Waals surface area contributed by atoms with Crippen LogP contribution in [0.4, 0.5) is 0 Å². The second-order valence-corrected chi connectivity index (χ2v) is 38.4. The van der Waals surface area contributed by atoms with Gasteiger partial charge in [-0.15, -0.1) is 0 Å². The number of halogens is 8. The molecule has 5 aliphatic rings. The first kappa shape index (κ1) is 96.8. The van der Waals surface area contributed by atoms with Gasteiger partial charge in [0.05, 0.1) is 138 Å². The Balaban J connectivity index is 0.000000142. The summed E-state index contributed by atoms with van der Waals surface area (Å²) >= 11 is 52.4. The number of amides is 4. The van der Waals surface area contributed by atoms with E-state index < -0.39 is 0 Å². The van der Waals surface area contributed by atoms with Crippen LogP contribution in [-0.4, -0.2) is 161 Å². The van der Waals surface area contributed by atoms with Crippen molar-refractivity contribution in [3.8, 4) is 24.3 Å². The predicted molar refractivity (Wildman–Crippen MR) is 521 cm³/mol. The van der Waals surface area contributed by atoms with Gasteiger partial charge in [-0.05, 0) is 233 Å². The third-order valence-electron chi connectivity index (χ3n) is 26.6. The highest BCUT2D eigenvalue weighted by Gasteiger charge is 2.37. The molecule has 8 aromatic carbocycles. The second kappa shape index (κ2) is 40.7. The molecule has 0 radical (unpaired) electrons. The molecule has 12 aromatic rings. The monoisotopic (exact) mass is 1920 g/mol. The van der Waals surface area contributed by atoms with Crippen molar-refractivity contribution in [2.45, 2.75) is 119 Å². The smallest absolute Gasteiger partial charge is 0.255 e. The first-order valence-electron chi connectivity index (χ1n) is 44.0. The predicted octanol–water partition coefficient (Wildman–Crippen LogP) is 22.4. The number of likely N-dealkylation sites (tertiary alicyclic amines) is 3. The highest BCUT2D eigenvalue weighted by Crippen LogP contribution is 2.41. The van der Waals surface area contributed by atoms with Crippen LogP contribution >= 0.6 is 92.8 Å². The van der Waals surface area contributed by atoms with Gasteiger partial charge in [0, 0.05) is 173 Å². The van der Waals surface area contributed by atoms with E-state index in [0.717, 1.165) is 110 Å². The van der Waals surface area contributed by atoms with Crippen molar-refractivity contribution in [1.82, 2.24) is 42.8 Å². The molecule has 4 saturated heterocycles. The molecular weight excluding hydrogens is 1830 g/mol. The molecule has 0 unspecified atom stereocenters. The van der Waals surface area contributed by atoms with E-state index in [-0.39, 0.29) is 105 Å². The van der Waals surface area contributed by atoms with E-state index in [9.17, 15) is 59.4 Å². The van der Waals surface area contributed by atoms with Crippen LogP contribution < -0.4 is 0 Å². The summed E-state index contributed by atoms with van der Waals surface area (Å²) in [6.45, 7) is 20.8. The molecule has 4 aromatic heterocycles. The lowest BCUT2D eigenvalue weighted by Gasteiger charge is -2.43. The summed E-state index contributed by atoms with van der Waals surface area (Å²) in [7, 11) is 7.26. The molecule has 5 fully saturated rings. The van der Waals surface area contributed by atoms with E-state index in [1.807, 2.05) is 68.2 Å². The Morgan fingerprint density at radius 1 is 0.371 bits per heavy atom. The van der Waals surface area contributed by atoms with Crippen molar-refractivity contribution in [3.63, 3.8) is 0 Å². The number of piperazine rings is 1. The number of Topliss-reactive ketones (excluding diaryl/α,β-unsaturated/α-hetero) is 1. The Hall–Kier alpha value is -11.3. The first-order chi connectivity index (χ1) is 63.0. The van der Waals surface area contributed by atoms with Gasteiger partial charge in [-0.1, -0.05) is 120 Å². The van der Waals surface area contributed by atoms with E-state index >= 15 is 0 Å². The highest BCUT2D eigenvalue weighted by atomic mass is 35.5. The summed E-state index contributed by atoms with van der Waals surface area (Å²) in [5.41, 5.74) is 13.7. The minimum absolute atomic E-state index is 0.0664. The maximum atomic E-state index is 13.7. The summed E-state index contributed by atoms with van der Waals surface area (Å²) in [5.74, 6) is -0.0683. The molecule has 21 nitrogen and oxygen atoms in total. The Kier molecular flexibility index (Phi) is 29.8. The van der Waals surface area contributed by atoms with Crippen molar-refractivity contribution in [2.24, 2.45) is 45.9 Å². The Bertz CT molecular complexity index is 6940. The Morgan fingerprint density at radius 2 is 0.697 bits per heavy atom.